The maximum atomic E-state index is 11.6. The molecule has 6 nitrogen and oxygen atoms in total. The van der Waals surface area contributed by atoms with Crippen molar-refractivity contribution in [1.29, 1.82) is 0 Å². The quantitative estimate of drug-likeness (QED) is 0.844. The van der Waals surface area contributed by atoms with E-state index < -0.39 is 0 Å². The number of nitrogens with zero attached hydrogens (tertiary/aromatic N) is 5. The zero-order chi connectivity index (χ0) is 14.1. The second-order valence-corrected chi connectivity index (χ2v) is 6.06. The van der Waals surface area contributed by atoms with E-state index in [4.69, 9.17) is 0 Å². The highest BCUT2D eigenvalue weighted by Gasteiger charge is 2.24. The first kappa shape index (κ1) is 13.5. The molecule has 1 saturated heterocycles. The van der Waals surface area contributed by atoms with Gasteiger partial charge in [0, 0.05) is 38.9 Å². The third-order valence-corrected chi connectivity index (χ3v) is 4.02. The topological polar surface area (TPSA) is 56.0 Å². The molecule has 3 heterocycles. The third-order valence-electron chi connectivity index (χ3n) is 3.61. The summed E-state index contributed by atoms with van der Waals surface area (Å²) in [5.74, 6) is 0. The molecular weight excluding hydrogens is 322 g/mol. The third kappa shape index (κ3) is 2.83. The maximum Gasteiger partial charge on any atom is 0.253 e. The van der Waals surface area contributed by atoms with Crippen molar-refractivity contribution in [2.24, 2.45) is 7.05 Å². The second-order valence-electron chi connectivity index (χ2n) is 5.15. The lowest BCUT2D eigenvalue weighted by atomic mass is 10.3. The number of rotatable bonds is 3. The average Bonchev–Trinajstić information content (AvgIpc) is 3.03. The molecule has 1 unspecified atom stereocenters. The lowest BCUT2D eigenvalue weighted by Gasteiger charge is -2.15. The van der Waals surface area contributed by atoms with Gasteiger partial charge in [0.2, 0.25) is 0 Å². The van der Waals surface area contributed by atoms with Gasteiger partial charge in [0.15, 0.2) is 0 Å². The Morgan fingerprint density at radius 1 is 1.50 bits per heavy atom. The van der Waals surface area contributed by atoms with Gasteiger partial charge in [-0.3, -0.25) is 14.4 Å². The summed E-state index contributed by atoms with van der Waals surface area (Å²) in [5.41, 5.74) is 0.817. The molecule has 1 aliphatic rings. The summed E-state index contributed by atoms with van der Waals surface area (Å²) >= 11 is 3.42. The van der Waals surface area contributed by atoms with Crippen LogP contribution in [0.4, 0.5) is 0 Å². The van der Waals surface area contributed by atoms with Crippen molar-refractivity contribution in [2.75, 3.05) is 13.1 Å². The summed E-state index contributed by atoms with van der Waals surface area (Å²) in [6.45, 7) is 2.65. The second kappa shape index (κ2) is 5.49. The van der Waals surface area contributed by atoms with E-state index in [0.29, 0.717) is 6.04 Å². The highest BCUT2D eigenvalue weighted by atomic mass is 79.9. The van der Waals surface area contributed by atoms with E-state index in [-0.39, 0.29) is 5.56 Å². The molecule has 106 valence electrons. The lowest BCUT2D eigenvalue weighted by Crippen LogP contribution is -2.24. The maximum absolute atomic E-state index is 11.6. The monoisotopic (exact) mass is 337 g/mol. The number of aromatic nitrogens is 4. The molecular formula is C13H16BrN5O. The number of hydrogen-bond donors (Lipinski definition) is 0. The van der Waals surface area contributed by atoms with E-state index in [9.17, 15) is 4.79 Å². The number of halogens is 1. The van der Waals surface area contributed by atoms with Crippen LogP contribution in [-0.4, -0.2) is 37.3 Å². The first-order valence-corrected chi connectivity index (χ1v) is 7.34. The molecule has 0 radical (unpaired) electrons. The van der Waals surface area contributed by atoms with E-state index >= 15 is 0 Å². The Kier molecular flexibility index (Phi) is 3.71. The smallest absolute Gasteiger partial charge is 0.253 e. The summed E-state index contributed by atoms with van der Waals surface area (Å²) in [7, 11) is 1.71. The first-order valence-electron chi connectivity index (χ1n) is 6.55. The average molecular weight is 338 g/mol. The molecule has 0 aromatic carbocycles. The van der Waals surface area contributed by atoms with Crippen molar-refractivity contribution in [3.8, 4) is 0 Å². The normalized spacial score (nSPS) is 19.6. The van der Waals surface area contributed by atoms with Crippen molar-refractivity contribution in [2.45, 2.75) is 19.0 Å². The van der Waals surface area contributed by atoms with Gasteiger partial charge in [0.05, 0.1) is 28.7 Å². The number of hydrogen-bond acceptors (Lipinski definition) is 4. The predicted octanol–water partition coefficient (Wildman–Crippen LogP) is 1.19. The molecule has 7 heteroatoms. The minimum absolute atomic E-state index is 0.0123. The SMILES string of the molecule is Cn1cnc(CN2CCC(n3cc(Br)cn3)C2)cc1=O. The van der Waals surface area contributed by atoms with Crippen LogP contribution in [0.5, 0.6) is 0 Å². The summed E-state index contributed by atoms with van der Waals surface area (Å²) in [6.07, 6.45) is 6.46. The van der Waals surface area contributed by atoms with Gasteiger partial charge in [-0.2, -0.15) is 5.10 Å². The molecule has 1 atom stereocenters. The zero-order valence-electron chi connectivity index (χ0n) is 11.2. The minimum atomic E-state index is -0.0123. The summed E-state index contributed by atoms with van der Waals surface area (Å²) in [4.78, 5) is 18.2. The van der Waals surface area contributed by atoms with Gasteiger partial charge in [0.1, 0.15) is 0 Å². The molecule has 0 aliphatic carbocycles. The van der Waals surface area contributed by atoms with Crippen LogP contribution in [0.3, 0.4) is 0 Å². The van der Waals surface area contributed by atoms with Gasteiger partial charge < -0.3 is 4.57 Å². The number of likely N-dealkylation sites (tertiary alicyclic amines) is 1. The van der Waals surface area contributed by atoms with Gasteiger partial charge in [0.25, 0.3) is 5.56 Å². The summed E-state index contributed by atoms with van der Waals surface area (Å²) in [6, 6.07) is 2.01. The Labute approximate surface area is 125 Å². The predicted molar refractivity (Wildman–Crippen MR) is 78.3 cm³/mol. The van der Waals surface area contributed by atoms with Gasteiger partial charge in [-0.1, -0.05) is 0 Å². The van der Waals surface area contributed by atoms with Gasteiger partial charge in [-0.05, 0) is 22.4 Å². The van der Waals surface area contributed by atoms with Gasteiger partial charge in [-0.15, -0.1) is 0 Å². The highest BCUT2D eigenvalue weighted by Crippen LogP contribution is 2.23. The lowest BCUT2D eigenvalue weighted by molar-refractivity contribution is 0.307. The zero-order valence-corrected chi connectivity index (χ0v) is 12.8. The van der Waals surface area contributed by atoms with Gasteiger partial charge in [-0.25, -0.2) is 4.98 Å². The largest absolute Gasteiger partial charge is 0.302 e. The summed E-state index contributed by atoms with van der Waals surface area (Å²) < 4.78 is 4.49. The molecule has 0 amide bonds. The molecule has 3 rings (SSSR count). The molecule has 0 saturated carbocycles. The van der Waals surface area contributed by atoms with Crippen LogP contribution in [0, 0.1) is 0 Å². The van der Waals surface area contributed by atoms with E-state index in [0.717, 1.165) is 36.2 Å². The van der Waals surface area contributed by atoms with Crippen LogP contribution >= 0.6 is 15.9 Å². The highest BCUT2D eigenvalue weighted by molar-refractivity contribution is 9.10. The Hall–Kier alpha value is -1.47. The van der Waals surface area contributed by atoms with Crippen LogP contribution in [-0.2, 0) is 13.6 Å². The minimum Gasteiger partial charge on any atom is -0.302 e. The Morgan fingerprint density at radius 3 is 3.05 bits per heavy atom. The fraction of sp³-hybridized carbons (Fsp3) is 0.462. The van der Waals surface area contributed by atoms with Crippen molar-refractivity contribution < 1.29 is 0 Å². The molecule has 1 fully saturated rings. The van der Waals surface area contributed by atoms with E-state index in [1.165, 1.54) is 4.57 Å². The molecule has 2 aromatic heterocycles. The molecule has 0 bridgehead atoms. The van der Waals surface area contributed by atoms with Gasteiger partial charge >= 0.3 is 0 Å². The van der Waals surface area contributed by atoms with E-state index in [2.05, 4.69) is 30.9 Å². The molecule has 20 heavy (non-hydrogen) atoms. The standard InChI is InChI=1S/C13H16BrN5O/c1-17-9-15-11(4-13(17)20)7-18-3-2-12(8-18)19-6-10(14)5-16-19/h4-6,9,12H,2-3,7-8H2,1H3. The molecule has 0 spiro atoms. The summed E-state index contributed by atoms with van der Waals surface area (Å²) in [5, 5.41) is 4.34. The van der Waals surface area contributed by atoms with Crippen molar-refractivity contribution >= 4 is 15.9 Å². The first-order chi connectivity index (χ1) is 9.61. The van der Waals surface area contributed by atoms with Crippen molar-refractivity contribution in [3.63, 3.8) is 0 Å². The van der Waals surface area contributed by atoms with Crippen LogP contribution < -0.4 is 5.56 Å². The van der Waals surface area contributed by atoms with Crippen LogP contribution in [0.2, 0.25) is 0 Å². The Morgan fingerprint density at radius 2 is 2.35 bits per heavy atom. The fourth-order valence-corrected chi connectivity index (χ4v) is 2.80. The van der Waals surface area contributed by atoms with Crippen LogP contribution in [0.1, 0.15) is 18.2 Å². The number of aryl methyl sites for hydroxylation is 1. The van der Waals surface area contributed by atoms with Crippen LogP contribution in [0.25, 0.3) is 0 Å². The molecule has 2 aromatic rings. The van der Waals surface area contributed by atoms with E-state index in [1.807, 2.05) is 17.1 Å². The molecule has 0 N–H and O–H groups in total. The Balaban J connectivity index is 1.65. The Bertz CT molecular complexity index is 665. The van der Waals surface area contributed by atoms with E-state index in [1.54, 1.807) is 19.4 Å². The molecule has 1 aliphatic heterocycles. The van der Waals surface area contributed by atoms with Crippen LogP contribution in [0.15, 0.2) is 34.1 Å². The van der Waals surface area contributed by atoms with Crippen molar-refractivity contribution in [1.82, 2.24) is 24.2 Å². The fourth-order valence-electron chi connectivity index (χ4n) is 2.50. The van der Waals surface area contributed by atoms with Crippen molar-refractivity contribution in [3.05, 3.63) is 45.3 Å².